The van der Waals surface area contributed by atoms with Crippen LogP contribution in [0.15, 0.2) is 0 Å². The minimum Gasteiger partial charge on any atom is -0.343 e. The zero-order valence-corrected chi connectivity index (χ0v) is 9.75. The number of carbonyl (C=O) groups excluding carboxylic acids is 1. The predicted octanol–water partition coefficient (Wildman–Crippen LogP) is 2.68. The smallest absolute Gasteiger partial charge is 0.222 e. The molecule has 1 fully saturated rings. The Bertz CT molecular complexity index is 189. The van der Waals surface area contributed by atoms with Crippen molar-refractivity contribution in [3.05, 3.63) is 0 Å². The number of hydrogen-bond donors (Lipinski definition) is 0. The second-order valence-corrected chi connectivity index (χ2v) is 5.01. The molecule has 1 unspecified atom stereocenters. The molecule has 1 atom stereocenters. The Morgan fingerprint density at radius 1 is 1.36 bits per heavy atom. The summed E-state index contributed by atoms with van der Waals surface area (Å²) in [5, 5.41) is 0. The minimum atomic E-state index is 0.356. The van der Waals surface area contributed by atoms with Gasteiger partial charge in [-0.2, -0.15) is 0 Å². The van der Waals surface area contributed by atoms with Gasteiger partial charge >= 0.3 is 0 Å². The molecule has 1 saturated heterocycles. The minimum absolute atomic E-state index is 0.356. The van der Waals surface area contributed by atoms with Crippen LogP contribution in [0.25, 0.3) is 0 Å². The molecule has 0 aliphatic carbocycles. The molecule has 1 amide bonds. The number of nitrogens with zero attached hydrogens (tertiary/aromatic N) is 1. The van der Waals surface area contributed by atoms with Crippen molar-refractivity contribution in [1.82, 2.24) is 4.90 Å². The van der Waals surface area contributed by atoms with Crippen LogP contribution in [-0.4, -0.2) is 23.9 Å². The van der Waals surface area contributed by atoms with E-state index in [1.54, 1.807) is 0 Å². The first-order valence-corrected chi connectivity index (χ1v) is 5.87. The summed E-state index contributed by atoms with van der Waals surface area (Å²) >= 11 is 0. The van der Waals surface area contributed by atoms with Gasteiger partial charge in [-0.1, -0.05) is 20.8 Å². The van der Waals surface area contributed by atoms with Gasteiger partial charge in [-0.05, 0) is 31.1 Å². The lowest BCUT2D eigenvalue weighted by Crippen LogP contribution is -2.32. The topological polar surface area (TPSA) is 20.3 Å². The van der Waals surface area contributed by atoms with E-state index in [-0.39, 0.29) is 0 Å². The van der Waals surface area contributed by atoms with Crippen molar-refractivity contribution in [1.29, 1.82) is 0 Å². The van der Waals surface area contributed by atoms with Crippen LogP contribution in [0.4, 0.5) is 0 Å². The SMILES string of the molecule is CC(C)CC(=O)N1CCCC(C)CC1. The average molecular weight is 197 g/mol. The number of rotatable bonds is 2. The first-order valence-electron chi connectivity index (χ1n) is 5.87. The molecule has 0 saturated carbocycles. The second kappa shape index (κ2) is 5.38. The highest BCUT2D eigenvalue weighted by Crippen LogP contribution is 2.17. The van der Waals surface area contributed by atoms with E-state index in [9.17, 15) is 4.79 Å². The molecular weight excluding hydrogens is 174 g/mol. The van der Waals surface area contributed by atoms with Crippen molar-refractivity contribution in [3.63, 3.8) is 0 Å². The molecule has 0 N–H and O–H groups in total. The molecule has 0 radical (unpaired) electrons. The molecular formula is C12H23NO. The fourth-order valence-electron chi connectivity index (χ4n) is 1.99. The average Bonchev–Trinajstić information content (AvgIpc) is 2.28. The summed E-state index contributed by atoms with van der Waals surface area (Å²) in [4.78, 5) is 13.9. The van der Waals surface area contributed by atoms with E-state index in [1.807, 2.05) is 0 Å². The van der Waals surface area contributed by atoms with Crippen LogP contribution in [0.5, 0.6) is 0 Å². The Hall–Kier alpha value is -0.530. The van der Waals surface area contributed by atoms with Crippen LogP contribution < -0.4 is 0 Å². The molecule has 2 heteroatoms. The molecule has 1 heterocycles. The van der Waals surface area contributed by atoms with Crippen LogP contribution in [0.2, 0.25) is 0 Å². The predicted molar refractivity (Wildman–Crippen MR) is 59.1 cm³/mol. The normalized spacial score (nSPS) is 23.7. The summed E-state index contributed by atoms with van der Waals surface area (Å²) in [6.07, 6.45) is 4.37. The van der Waals surface area contributed by atoms with Crippen molar-refractivity contribution in [3.8, 4) is 0 Å². The van der Waals surface area contributed by atoms with Crippen LogP contribution in [0, 0.1) is 11.8 Å². The Balaban J connectivity index is 2.39. The Morgan fingerprint density at radius 3 is 2.71 bits per heavy atom. The standard InChI is InChI=1S/C12H23NO/c1-10(2)9-12(14)13-7-4-5-11(3)6-8-13/h10-11H,4-9H2,1-3H3. The van der Waals surface area contributed by atoms with Crippen LogP contribution >= 0.6 is 0 Å². The van der Waals surface area contributed by atoms with Gasteiger partial charge in [0.1, 0.15) is 0 Å². The van der Waals surface area contributed by atoms with Gasteiger partial charge < -0.3 is 4.90 Å². The number of hydrogen-bond acceptors (Lipinski definition) is 1. The third-order valence-electron chi connectivity index (χ3n) is 2.95. The van der Waals surface area contributed by atoms with Crippen LogP contribution in [-0.2, 0) is 4.79 Å². The maximum atomic E-state index is 11.8. The van der Waals surface area contributed by atoms with Crippen LogP contribution in [0.1, 0.15) is 46.5 Å². The largest absolute Gasteiger partial charge is 0.343 e. The quantitative estimate of drug-likeness (QED) is 0.666. The molecule has 1 aliphatic rings. The number of likely N-dealkylation sites (tertiary alicyclic amines) is 1. The van der Waals surface area contributed by atoms with E-state index in [0.29, 0.717) is 18.2 Å². The summed E-state index contributed by atoms with van der Waals surface area (Å²) < 4.78 is 0. The van der Waals surface area contributed by atoms with E-state index in [4.69, 9.17) is 0 Å². The third kappa shape index (κ3) is 3.69. The Morgan fingerprint density at radius 2 is 2.07 bits per heavy atom. The van der Waals surface area contributed by atoms with Crippen LogP contribution in [0.3, 0.4) is 0 Å². The van der Waals surface area contributed by atoms with Crippen molar-refractivity contribution in [2.24, 2.45) is 11.8 Å². The molecule has 0 aromatic heterocycles. The van der Waals surface area contributed by atoms with Gasteiger partial charge in [-0.25, -0.2) is 0 Å². The second-order valence-electron chi connectivity index (χ2n) is 5.01. The lowest BCUT2D eigenvalue weighted by atomic mass is 10.0. The fraction of sp³-hybridized carbons (Fsp3) is 0.917. The zero-order chi connectivity index (χ0) is 10.6. The van der Waals surface area contributed by atoms with E-state index in [1.165, 1.54) is 19.3 Å². The van der Waals surface area contributed by atoms with Crippen molar-refractivity contribution >= 4 is 5.91 Å². The molecule has 0 bridgehead atoms. The van der Waals surface area contributed by atoms with E-state index in [2.05, 4.69) is 25.7 Å². The van der Waals surface area contributed by atoms with Gasteiger partial charge in [0, 0.05) is 19.5 Å². The Kier molecular flexibility index (Phi) is 4.43. The van der Waals surface area contributed by atoms with Gasteiger partial charge in [-0.15, -0.1) is 0 Å². The lowest BCUT2D eigenvalue weighted by Gasteiger charge is -2.21. The van der Waals surface area contributed by atoms with Crippen molar-refractivity contribution in [2.45, 2.75) is 46.5 Å². The van der Waals surface area contributed by atoms with Gasteiger partial charge in [0.25, 0.3) is 0 Å². The molecule has 1 rings (SSSR count). The summed E-state index contributed by atoms with van der Waals surface area (Å²) in [7, 11) is 0. The summed E-state index contributed by atoms with van der Waals surface area (Å²) in [5.41, 5.74) is 0. The summed E-state index contributed by atoms with van der Waals surface area (Å²) in [5.74, 6) is 1.64. The highest BCUT2D eigenvalue weighted by Gasteiger charge is 2.18. The van der Waals surface area contributed by atoms with Crippen molar-refractivity contribution < 1.29 is 4.79 Å². The van der Waals surface area contributed by atoms with Gasteiger partial charge in [0.2, 0.25) is 5.91 Å². The highest BCUT2D eigenvalue weighted by molar-refractivity contribution is 5.76. The molecule has 2 nitrogen and oxygen atoms in total. The molecule has 1 aliphatic heterocycles. The monoisotopic (exact) mass is 197 g/mol. The molecule has 14 heavy (non-hydrogen) atoms. The van der Waals surface area contributed by atoms with E-state index < -0.39 is 0 Å². The van der Waals surface area contributed by atoms with Gasteiger partial charge in [-0.3, -0.25) is 4.79 Å². The Labute approximate surface area is 87.7 Å². The maximum Gasteiger partial charge on any atom is 0.222 e. The summed E-state index contributed by atoms with van der Waals surface area (Å²) in [6, 6.07) is 0. The molecule has 0 spiro atoms. The van der Waals surface area contributed by atoms with Crippen molar-refractivity contribution in [2.75, 3.05) is 13.1 Å². The highest BCUT2D eigenvalue weighted by atomic mass is 16.2. The number of amides is 1. The molecule has 82 valence electrons. The van der Waals surface area contributed by atoms with Gasteiger partial charge in [0.05, 0.1) is 0 Å². The lowest BCUT2D eigenvalue weighted by molar-refractivity contribution is -0.131. The molecule has 0 aromatic carbocycles. The molecule has 0 aromatic rings. The third-order valence-corrected chi connectivity index (χ3v) is 2.95. The first kappa shape index (κ1) is 11.5. The van der Waals surface area contributed by atoms with E-state index in [0.717, 1.165) is 19.0 Å². The maximum absolute atomic E-state index is 11.8. The first-order chi connectivity index (χ1) is 6.59. The summed E-state index contributed by atoms with van der Waals surface area (Å²) in [6.45, 7) is 8.47. The number of carbonyl (C=O) groups is 1. The van der Waals surface area contributed by atoms with Gasteiger partial charge in [0.15, 0.2) is 0 Å². The van der Waals surface area contributed by atoms with E-state index >= 15 is 0 Å². The fourth-order valence-corrected chi connectivity index (χ4v) is 1.99. The zero-order valence-electron chi connectivity index (χ0n) is 9.75.